The van der Waals surface area contributed by atoms with Crippen LogP contribution in [-0.4, -0.2) is 40.7 Å². The van der Waals surface area contributed by atoms with Crippen LogP contribution in [0.1, 0.15) is 55.6 Å². The number of fused-ring (bicyclic) bond motifs is 2. The minimum atomic E-state index is 0.429. The molecule has 2 fully saturated rings. The molecule has 0 saturated carbocycles. The highest BCUT2D eigenvalue weighted by molar-refractivity contribution is 6.43. The summed E-state index contributed by atoms with van der Waals surface area (Å²) in [4.78, 5) is 8.74. The fourth-order valence-electron chi connectivity index (χ4n) is 6.01. The zero-order valence-electron chi connectivity index (χ0n) is 20.6. The monoisotopic (exact) mass is 579 g/mol. The summed E-state index contributed by atoms with van der Waals surface area (Å²) < 4.78 is 4.79. The van der Waals surface area contributed by atoms with E-state index in [9.17, 15) is 0 Å². The molecule has 4 aromatic rings. The van der Waals surface area contributed by atoms with E-state index in [0.29, 0.717) is 31.9 Å². The molecule has 0 radical (unpaired) electrons. The van der Waals surface area contributed by atoms with Gasteiger partial charge in [0.1, 0.15) is 5.82 Å². The number of H-pyrrole nitrogens is 1. The van der Waals surface area contributed by atoms with Crippen molar-refractivity contribution < 1.29 is 4.57 Å². The molecule has 2 aromatic heterocycles. The number of aryl methyl sites for hydroxylation is 2. The molecule has 0 aliphatic carbocycles. The molecule has 2 aliphatic heterocycles. The van der Waals surface area contributed by atoms with Crippen molar-refractivity contribution in [2.75, 3.05) is 26.2 Å². The summed E-state index contributed by atoms with van der Waals surface area (Å²) in [7, 11) is 0. The Morgan fingerprint density at radius 2 is 1.43 bits per heavy atom. The lowest BCUT2D eigenvalue weighted by Crippen LogP contribution is -2.41. The predicted molar refractivity (Wildman–Crippen MR) is 153 cm³/mol. The molecule has 2 aromatic carbocycles. The van der Waals surface area contributed by atoms with Gasteiger partial charge in [0.25, 0.3) is 5.82 Å². The van der Waals surface area contributed by atoms with E-state index in [0.717, 1.165) is 99.3 Å². The zero-order chi connectivity index (χ0) is 25.5. The maximum Gasteiger partial charge on any atom is 0.258 e. The summed E-state index contributed by atoms with van der Waals surface area (Å²) in [6, 6.07) is 7.81. The number of benzene rings is 2. The maximum absolute atomic E-state index is 6.46. The van der Waals surface area contributed by atoms with Gasteiger partial charge < -0.3 is 15.2 Å². The summed E-state index contributed by atoms with van der Waals surface area (Å²) >= 11 is 25.6. The highest BCUT2D eigenvalue weighted by Gasteiger charge is 2.29. The van der Waals surface area contributed by atoms with Crippen molar-refractivity contribution in [2.45, 2.75) is 57.0 Å². The molecule has 37 heavy (non-hydrogen) atoms. The average molecular weight is 581 g/mol. The van der Waals surface area contributed by atoms with Gasteiger partial charge in [-0.2, -0.15) is 0 Å². The Bertz CT molecular complexity index is 1320. The normalized spacial score (nSPS) is 17.8. The quantitative estimate of drug-likeness (QED) is 0.230. The summed E-state index contributed by atoms with van der Waals surface area (Å²) in [6.07, 6.45) is 5.33. The Morgan fingerprint density at radius 3 is 2.16 bits per heavy atom. The van der Waals surface area contributed by atoms with E-state index in [2.05, 4.69) is 24.8 Å². The van der Waals surface area contributed by atoms with Crippen molar-refractivity contribution in [1.82, 2.24) is 25.2 Å². The molecule has 6 nitrogen and oxygen atoms in total. The van der Waals surface area contributed by atoms with Gasteiger partial charge in [-0.15, -0.1) is 0 Å². The SMILES string of the molecule is Clc1cc2nc(C3CCNCC3)n(CCC[n+]3c(C4CCNCC4)[nH]c4cc(Cl)c(Cl)cc43)c2cc1Cl. The lowest BCUT2D eigenvalue weighted by Gasteiger charge is -2.23. The van der Waals surface area contributed by atoms with Crippen LogP contribution in [0.3, 0.4) is 0 Å². The number of imidazole rings is 2. The Hall–Kier alpha value is -1.54. The van der Waals surface area contributed by atoms with Crippen molar-refractivity contribution in [3.8, 4) is 0 Å². The topological polar surface area (TPSA) is 61.6 Å². The Kier molecular flexibility index (Phi) is 7.59. The van der Waals surface area contributed by atoms with Crippen LogP contribution in [-0.2, 0) is 13.1 Å². The molecule has 0 atom stereocenters. The molecule has 2 aliphatic rings. The van der Waals surface area contributed by atoms with Crippen molar-refractivity contribution in [3.63, 3.8) is 0 Å². The van der Waals surface area contributed by atoms with E-state index < -0.39 is 0 Å². The van der Waals surface area contributed by atoms with E-state index in [1.165, 1.54) is 5.82 Å². The lowest BCUT2D eigenvalue weighted by molar-refractivity contribution is -0.681. The number of hydrogen-bond acceptors (Lipinski definition) is 3. The summed E-state index contributed by atoms with van der Waals surface area (Å²) in [5, 5.41) is 9.22. The van der Waals surface area contributed by atoms with Crippen LogP contribution in [0.2, 0.25) is 20.1 Å². The average Bonchev–Trinajstić information content (AvgIpc) is 3.43. The van der Waals surface area contributed by atoms with Crippen LogP contribution < -0.4 is 15.2 Å². The van der Waals surface area contributed by atoms with Gasteiger partial charge in [0.15, 0.2) is 11.0 Å². The van der Waals surface area contributed by atoms with Gasteiger partial charge in [-0.25, -0.2) is 14.5 Å². The van der Waals surface area contributed by atoms with Gasteiger partial charge >= 0.3 is 0 Å². The Labute approximate surface area is 236 Å². The standard InChI is InChI=1S/C27H30Cl4N6/c28-18-12-22-24(14-20(18)30)36(26(34-22)16-2-6-32-7-3-16)10-1-11-37-25-15-21(31)19(29)13-23(25)35-27(37)17-4-8-33-9-5-17/h12-17,32-33H,1-11H2/p+1. The molecular weight excluding hydrogens is 550 g/mol. The van der Waals surface area contributed by atoms with E-state index in [-0.39, 0.29) is 0 Å². The van der Waals surface area contributed by atoms with Gasteiger partial charge in [0.05, 0.1) is 43.6 Å². The maximum atomic E-state index is 6.46. The molecule has 3 N–H and O–H groups in total. The Morgan fingerprint density at radius 1 is 0.811 bits per heavy atom. The highest BCUT2D eigenvalue weighted by atomic mass is 35.5. The molecule has 0 unspecified atom stereocenters. The number of aromatic nitrogens is 4. The molecule has 0 spiro atoms. The molecule has 4 heterocycles. The molecule has 6 rings (SSSR count). The largest absolute Gasteiger partial charge is 0.328 e. The zero-order valence-corrected chi connectivity index (χ0v) is 23.6. The fraction of sp³-hybridized carbons (Fsp3) is 0.481. The van der Waals surface area contributed by atoms with Gasteiger partial charge in [-0.3, -0.25) is 0 Å². The van der Waals surface area contributed by atoms with Crippen LogP contribution in [0, 0.1) is 0 Å². The molecular formula is C27H31Cl4N6+. The minimum absolute atomic E-state index is 0.429. The van der Waals surface area contributed by atoms with Crippen LogP contribution in [0.15, 0.2) is 24.3 Å². The van der Waals surface area contributed by atoms with Crippen LogP contribution in [0.4, 0.5) is 0 Å². The third-order valence-corrected chi connectivity index (χ3v) is 9.34. The number of aromatic amines is 1. The molecule has 10 heteroatoms. The molecule has 196 valence electrons. The first-order valence-corrected chi connectivity index (χ1v) is 14.7. The van der Waals surface area contributed by atoms with E-state index in [1.807, 2.05) is 24.3 Å². The van der Waals surface area contributed by atoms with Crippen LogP contribution in [0.5, 0.6) is 0 Å². The second kappa shape index (κ2) is 10.9. The number of hydrogen-bond donors (Lipinski definition) is 3. The smallest absolute Gasteiger partial charge is 0.258 e. The summed E-state index contributed by atoms with van der Waals surface area (Å²) in [6.45, 7) is 5.81. The van der Waals surface area contributed by atoms with Crippen LogP contribution in [0.25, 0.3) is 22.1 Å². The number of piperidine rings is 2. The second-order valence-electron chi connectivity index (χ2n) is 10.2. The molecule has 0 amide bonds. The Balaban J connectivity index is 1.34. The summed E-state index contributed by atoms with van der Waals surface area (Å²) in [5.74, 6) is 3.32. The number of nitrogens with zero attached hydrogens (tertiary/aromatic N) is 3. The number of halogens is 4. The third kappa shape index (κ3) is 5.09. The first-order chi connectivity index (χ1) is 18.0. The second-order valence-corrected chi connectivity index (χ2v) is 11.9. The van der Waals surface area contributed by atoms with Crippen LogP contribution >= 0.6 is 46.4 Å². The first-order valence-electron chi connectivity index (χ1n) is 13.2. The van der Waals surface area contributed by atoms with Crippen molar-refractivity contribution in [2.24, 2.45) is 0 Å². The summed E-state index contributed by atoms with van der Waals surface area (Å²) in [5.41, 5.74) is 4.11. The van der Waals surface area contributed by atoms with E-state index in [4.69, 9.17) is 51.4 Å². The minimum Gasteiger partial charge on any atom is -0.328 e. The fourth-order valence-corrected chi connectivity index (χ4v) is 6.64. The van der Waals surface area contributed by atoms with E-state index >= 15 is 0 Å². The molecule has 0 bridgehead atoms. The van der Waals surface area contributed by atoms with Crippen molar-refractivity contribution in [1.29, 1.82) is 0 Å². The van der Waals surface area contributed by atoms with Crippen molar-refractivity contribution >= 4 is 68.5 Å². The first kappa shape index (κ1) is 25.7. The predicted octanol–water partition coefficient (Wildman–Crippen LogP) is 6.44. The number of rotatable bonds is 6. The number of nitrogens with one attached hydrogen (secondary N) is 3. The highest BCUT2D eigenvalue weighted by Crippen LogP contribution is 2.33. The van der Waals surface area contributed by atoms with Gasteiger partial charge in [0, 0.05) is 31.0 Å². The van der Waals surface area contributed by atoms with Crippen molar-refractivity contribution in [3.05, 3.63) is 56.0 Å². The van der Waals surface area contributed by atoms with Gasteiger partial charge in [-0.05, 0) is 64.0 Å². The van der Waals surface area contributed by atoms with Gasteiger partial charge in [-0.1, -0.05) is 46.4 Å². The molecule has 2 saturated heterocycles. The van der Waals surface area contributed by atoms with E-state index in [1.54, 1.807) is 0 Å². The lowest BCUT2D eigenvalue weighted by atomic mass is 9.97. The third-order valence-electron chi connectivity index (χ3n) is 7.90. The van der Waals surface area contributed by atoms with Gasteiger partial charge in [0.2, 0.25) is 0 Å².